The predicted octanol–water partition coefficient (Wildman–Crippen LogP) is -0.156. The van der Waals surface area contributed by atoms with Gasteiger partial charge in [-0.25, -0.2) is 0 Å². The summed E-state index contributed by atoms with van der Waals surface area (Å²) in [5.41, 5.74) is 10.4. The van der Waals surface area contributed by atoms with Crippen LogP contribution in [0.4, 0.5) is 0 Å². The summed E-state index contributed by atoms with van der Waals surface area (Å²) in [6, 6.07) is 0. The Balaban J connectivity index is 2.99. The monoisotopic (exact) mass is 87.1 g/mol. The second kappa shape index (κ2) is 2.16. The van der Waals surface area contributed by atoms with Crippen molar-refractivity contribution in [1.29, 1.82) is 0 Å². The number of rotatable bonds is 1. The highest BCUT2D eigenvalue weighted by Gasteiger charge is 1.97. The van der Waals surface area contributed by atoms with Crippen LogP contribution in [0.3, 0.4) is 0 Å². The molecule has 0 rings (SSSR count). The summed E-state index contributed by atoms with van der Waals surface area (Å²) in [5, 5.41) is 0. The third kappa shape index (κ3) is 2.18. The Kier molecular flexibility index (Phi) is 2.13. The lowest BCUT2D eigenvalue weighted by molar-refractivity contribution is 0.721. The van der Waals surface area contributed by atoms with E-state index < -0.39 is 0 Å². The Morgan fingerprint density at radius 2 is 1.50 bits per heavy atom. The van der Waals surface area contributed by atoms with Gasteiger partial charge in [0.1, 0.15) is 0 Å². The van der Waals surface area contributed by atoms with Gasteiger partial charge in [-0.05, 0) is 0 Å². The zero-order valence-electron chi connectivity index (χ0n) is 4.23. The molecule has 1 radical (unpaired) electrons. The Morgan fingerprint density at radius 1 is 1.33 bits per heavy atom. The molecule has 0 unspecified atom stereocenters. The van der Waals surface area contributed by atoms with Crippen molar-refractivity contribution in [2.24, 2.45) is 11.5 Å². The van der Waals surface area contributed by atoms with Gasteiger partial charge in [-0.1, -0.05) is 13.8 Å². The van der Waals surface area contributed by atoms with Crippen molar-refractivity contribution in [3.8, 4) is 0 Å². The van der Waals surface area contributed by atoms with Crippen LogP contribution in [-0.4, -0.2) is 6.17 Å². The van der Waals surface area contributed by atoms with Crippen LogP contribution in [0.25, 0.3) is 0 Å². The van der Waals surface area contributed by atoms with Crippen LogP contribution in [0.5, 0.6) is 0 Å². The molecule has 0 saturated carbocycles. The topological polar surface area (TPSA) is 52.0 Å². The van der Waals surface area contributed by atoms with Gasteiger partial charge >= 0.3 is 0 Å². The van der Waals surface area contributed by atoms with Crippen LogP contribution in [0, 0.1) is 5.92 Å². The molecule has 6 heavy (non-hydrogen) atoms. The normalized spacial score (nSPS) is 11.0. The third-order valence-electron chi connectivity index (χ3n) is 0.667. The molecule has 0 aliphatic carbocycles. The van der Waals surface area contributed by atoms with Crippen molar-refractivity contribution in [3.05, 3.63) is 5.92 Å². The van der Waals surface area contributed by atoms with Gasteiger partial charge in [-0.2, -0.15) is 0 Å². The summed E-state index contributed by atoms with van der Waals surface area (Å²) in [6.45, 7) is 3.81. The van der Waals surface area contributed by atoms with E-state index in [1.807, 2.05) is 13.8 Å². The van der Waals surface area contributed by atoms with Crippen molar-refractivity contribution >= 4 is 0 Å². The fraction of sp³-hybridized carbons (Fsp3) is 0.750. The molecule has 37 valence electrons. The molecular weight excluding hydrogens is 76.1 g/mol. The third-order valence-corrected chi connectivity index (χ3v) is 0.667. The lowest BCUT2D eigenvalue weighted by atomic mass is 10.2. The maximum Gasteiger partial charge on any atom is 0.0579 e. The molecule has 0 aliphatic rings. The van der Waals surface area contributed by atoms with Gasteiger partial charge in [-0.3, -0.25) is 0 Å². The molecule has 0 saturated heterocycles. The lowest BCUT2D eigenvalue weighted by Gasteiger charge is -2.05. The van der Waals surface area contributed by atoms with Crippen molar-refractivity contribution in [3.63, 3.8) is 0 Å². The highest BCUT2D eigenvalue weighted by atomic mass is 14.9. The molecule has 0 heterocycles. The van der Waals surface area contributed by atoms with E-state index in [0.717, 1.165) is 5.92 Å². The van der Waals surface area contributed by atoms with E-state index in [1.54, 1.807) is 0 Å². The molecule has 0 aromatic heterocycles. The van der Waals surface area contributed by atoms with Gasteiger partial charge < -0.3 is 11.5 Å². The first-order valence-corrected chi connectivity index (χ1v) is 1.96. The Hall–Kier alpha value is -0.0800. The Labute approximate surface area is 38.5 Å². The lowest BCUT2D eigenvalue weighted by Crippen LogP contribution is -2.34. The molecule has 0 bridgehead atoms. The van der Waals surface area contributed by atoms with E-state index in [1.165, 1.54) is 0 Å². The zero-order valence-corrected chi connectivity index (χ0v) is 4.23. The average molecular weight is 87.1 g/mol. The second-order valence-electron chi connectivity index (χ2n) is 1.60. The average Bonchev–Trinajstić information content (AvgIpc) is 1.36. The van der Waals surface area contributed by atoms with E-state index in [2.05, 4.69) is 0 Å². The first kappa shape index (κ1) is 5.92. The summed E-state index contributed by atoms with van der Waals surface area (Å²) in [7, 11) is 0. The highest BCUT2D eigenvalue weighted by Crippen LogP contribution is 1.91. The molecular formula is C4H11N2. The molecule has 0 spiro atoms. The van der Waals surface area contributed by atoms with Gasteiger partial charge in [-0.15, -0.1) is 0 Å². The van der Waals surface area contributed by atoms with Gasteiger partial charge in [0.2, 0.25) is 0 Å². The molecule has 2 nitrogen and oxygen atoms in total. The zero-order chi connectivity index (χ0) is 5.15. The maximum atomic E-state index is 5.18. The van der Waals surface area contributed by atoms with E-state index in [9.17, 15) is 0 Å². The predicted molar refractivity (Wildman–Crippen MR) is 26.8 cm³/mol. The molecule has 0 aromatic carbocycles. The Morgan fingerprint density at radius 3 is 1.50 bits per heavy atom. The van der Waals surface area contributed by atoms with Crippen molar-refractivity contribution in [2.45, 2.75) is 20.0 Å². The Bertz CT molecular complexity index is 26.5. The molecule has 2 heteroatoms. The highest BCUT2D eigenvalue weighted by molar-refractivity contribution is 4.85. The first-order chi connectivity index (χ1) is 2.64. The van der Waals surface area contributed by atoms with Crippen LogP contribution in [-0.2, 0) is 0 Å². The minimum absolute atomic E-state index is 0.231. The molecule has 4 N–H and O–H groups in total. The van der Waals surface area contributed by atoms with Crippen molar-refractivity contribution in [1.82, 2.24) is 0 Å². The second-order valence-corrected chi connectivity index (χ2v) is 1.60. The van der Waals surface area contributed by atoms with Crippen molar-refractivity contribution < 1.29 is 0 Å². The van der Waals surface area contributed by atoms with E-state index >= 15 is 0 Å². The van der Waals surface area contributed by atoms with Gasteiger partial charge in [0, 0.05) is 5.92 Å². The van der Waals surface area contributed by atoms with E-state index in [4.69, 9.17) is 11.5 Å². The van der Waals surface area contributed by atoms with E-state index in [0.29, 0.717) is 0 Å². The summed E-state index contributed by atoms with van der Waals surface area (Å²) >= 11 is 0. The van der Waals surface area contributed by atoms with Crippen LogP contribution in [0.2, 0.25) is 0 Å². The molecule has 0 atom stereocenters. The van der Waals surface area contributed by atoms with Crippen LogP contribution < -0.4 is 11.5 Å². The minimum atomic E-state index is -0.231. The smallest absolute Gasteiger partial charge is 0.0579 e. The van der Waals surface area contributed by atoms with Gasteiger partial charge in [0.25, 0.3) is 0 Å². The quantitative estimate of drug-likeness (QED) is 0.437. The maximum absolute atomic E-state index is 5.18. The largest absolute Gasteiger partial charge is 0.316 e. The summed E-state index contributed by atoms with van der Waals surface area (Å²) in [6.07, 6.45) is -0.231. The van der Waals surface area contributed by atoms with Crippen LogP contribution in [0.1, 0.15) is 13.8 Å². The van der Waals surface area contributed by atoms with Crippen molar-refractivity contribution in [2.75, 3.05) is 0 Å². The standard InChI is InChI=1S/C4H11N2/c1-3(2)4(5)6/h4H,5-6H2,1-2H3. The van der Waals surface area contributed by atoms with Crippen LogP contribution in [0.15, 0.2) is 0 Å². The molecule has 0 aliphatic heterocycles. The first-order valence-electron chi connectivity index (χ1n) is 1.96. The summed E-state index contributed by atoms with van der Waals surface area (Å²) in [4.78, 5) is 0. The SMILES string of the molecule is C[C](C)C(N)N. The molecule has 0 amide bonds. The number of nitrogens with two attached hydrogens (primary N) is 2. The molecule has 0 fully saturated rings. The van der Waals surface area contributed by atoms with Gasteiger partial charge in [0.05, 0.1) is 6.17 Å². The summed E-state index contributed by atoms with van der Waals surface area (Å²) < 4.78 is 0. The fourth-order valence-electron chi connectivity index (χ4n) is 0. The number of hydrogen-bond donors (Lipinski definition) is 2. The number of hydrogen-bond acceptors (Lipinski definition) is 2. The fourth-order valence-corrected chi connectivity index (χ4v) is 0. The van der Waals surface area contributed by atoms with Crippen LogP contribution >= 0.6 is 0 Å². The minimum Gasteiger partial charge on any atom is -0.316 e. The molecule has 0 aromatic rings. The van der Waals surface area contributed by atoms with E-state index in [-0.39, 0.29) is 6.17 Å². The summed E-state index contributed by atoms with van der Waals surface area (Å²) in [5.74, 6) is 1.06. The van der Waals surface area contributed by atoms with Gasteiger partial charge in [0.15, 0.2) is 0 Å².